The highest BCUT2D eigenvalue weighted by molar-refractivity contribution is 7.89. The number of nitrogens with one attached hydrogen (secondary N) is 1. The Bertz CT molecular complexity index is 524. The van der Waals surface area contributed by atoms with Crippen LogP contribution in [0.1, 0.15) is 5.56 Å². The summed E-state index contributed by atoms with van der Waals surface area (Å²) in [6, 6.07) is 6.81. The molecule has 0 unspecified atom stereocenters. The molecule has 1 aromatic carbocycles. The lowest BCUT2D eigenvalue weighted by atomic mass is 10.2. The van der Waals surface area contributed by atoms with E-state index in [4.69, 9.17) is 5.73 Å². The summed E-state index contributed by atoms with van der Waals surface area (Å²) in [5.41, 5.74) is 6.22. The fourth-order valence-electron chi connectivity index (χ4n) is 2.05. The lowest BCUT2D eigenvalue weighted by molar-refractivity contribution is 0.135. The molecule has 1 heterocycles. The van der Waals surface area contributed by atoms with Gasteiger partial charge < -0.3 is 10.6 Å². The minimum absolute atomic E-state index is 0.208. The summed E-state index contributed by atoms with van der Waals surface area (Å²) in [4.78, 5) is 5.06. The highest BCUT2D eigenvalue weighted by atomic mass is 32.2. The first kappa shape index (κ1) is 14.4. The molecule has 0 bridgehead atoms. The summed E-state index contributed by atoms with van der Waals surface area (Å²) in [5, 5.41) is 1.74. The molecule has 0 aromatic heterocycles. The number of rotatable bonds is 4. The smallest absolute Gasteiger partial charge is 0.253 e. The zero-order valence-electron chi connectivity index (χ0n) is 11.0. The Morgan fingerprint density at radius 2 is 1.84 bits per heavy atom. The molecule has 0 spiro atoms. The quantitative estimate of drug-likeness (QED) is 0.785. The number of hydrogen-bond donors (Lipinski definition) is 2. The van der Waals surface area contributed by atoms with Gasteiger partial charge in [-0.25, -0.2) is 13.4 Å². The molecule has 19 heavy (non-hydrogen) atoms. The van der Waals surface area contributed by atoms with Crippen molar-refractivity contribution < 1.29 is 8.42 Å². The van der Waals surface area contributed by atoms with Crippen LogP contribution in [0.25, 0.3) is 0 Å². The Balaban J connectivity index is 2.14. The Hall–Kier alpha value is -0.990. The van der Waals surface area contributed by atoms with Crippen LogP contribution in [0.3, 0.4) is 0 Å². The van der Waals surface area contributed by atoms with Gasteiger partial charge in [0, 0.05) is 32.7 Å². The third kappa shape index (κ3) is 3.52. The topological polar surface area (TPSA) is 78.7 Å². The van der Waals surface area contributed by atoms with E-state index in [9.17, 15) is 8.42 Å². The number of benzene rings is 1. The average molecular weight is 284 g/mol. The zero-order valence-corrected chi connectivity index (χ0v) is 11.9. The Morgan fingerprint density at radius 1 is 1.21 bits per heavy atom. The predicted octanol–water partition coefficient (Wildman–Crippen LogP) is -0.414. The van der Waals surface area contributed by atoms with E-state index >= 15 is 0 Å². The lowest BCUT2D eigenvalue weighted by Crippen LogP contribution is -2.52. The van der Waals surface area contributed by atoms with Gasteiger partial charge >= 0.3 is 0 Å². The molecular formula is C12H20N4O2S. The maximum absolute atomic E-state index is 12.3. The van der Waals surface area contributed by atoms with Crippen LogP contribution in [0.4, 0.5) is 0 Å². The minimum Gasteiger partial charge on any atom is -0.326 e. The number of nitrogens with two attached hydrogens (primary N) is 1. The van der Waals surface area contributed by atoms with Crippen LogP contribution in [0.5, 0.6) is 0 Å². The van der Waals surface area contributed by atoms with E-state index in [-0.39, 0.29) is 11.4 Å². The van der Waals surface area contributed by atoms with Crippen LogP contribution < -0.4 is 10.6 Å². The number of hydrazine groups is 1. The molecule has 0 saturated carbocycles. The van der Waals surface area contributed by atoms with Crippen molar-refractivity contribution in [1.82, 2.24) is 14.7 Å². The van der Waals surface area contributed by atoms with Gasteiger partial charge in [-0.1, -0.05) is 18.2 Å². The first-order chi connectivity index (χ1) is 9.03. The molecule has 1 fully saturated rings. The maximum Gasteiger partial charge on any atom is 0.253 e. The molecule has 106 valence electrons. The highest BCUT2D eigenvalue weighted by Crippen LogP contribution is 2.15. The molecule has 3 N–H and O–H groups in total. The normalized spacial score (nSPS) is 18.6. The molecule has 0 aliphatic carbocycles. The number of likely N-dealkylation sites (N-methyl/N-ethyl adjacent to an activating group) is 1. The van der Waals surface area contributed by atoms with Crippen molar-refractivity contribution in [3.63, 3.8) is 0 Å². The monoisotopic (exact) mass is 284 g/mol. The van der Waals surface area contributed by atoms with E-state index in [2.05, 4.69) is 9.73 Å². The fraction of sp³-hybridized carbons (Fsp3) is 0.500. The van der Waals surface area contributed by atoms with Crippen molar-refractivity contribution in [2.45, 2.75) is 11.4 Å². The number of sulfonamides is 1. The minimum atomic E-state index is -3.54. The SMILES string of the molecule is CN1CCN(NS(=O)(=O)c2ccccc2CN)CC1. The van der Waals surface area contributed by atoms with Crippen LogP contribution in [0, 0.1) is 0 Å². The zero-order chi connectivity index (χ0) is 13.9. The van der Waals surface area contributed by atoms with Gasteiger partial charge in [0.1, 0.15) is 0 Å². The van der Waals surface area contributed by atoms with E-state index in [0.717, 1.165) is 13.1 Å². The largest absolute Gasteiger partial charge is 0.326 e. The van der Waals surface area contributed by atoms with Gasteiger partial charge in [0.15, 0.2) is 0 Å². The van der Waals surface area contributed by atoms with Gasteiger partial charge in [-0.15, -0.1) is 4.83 Å². The summed E-state index contributed by atoms with van der Waals surface area (Å²) in [7, 11) is -1.52. The maximum atomic E-state index is 12.3. The van der Waals surface area contributed by atoms with E-state index in [1.807, 2.05) is 7.05 Å². The first-order valence-electron chi connectivity index (χ1n) is 6.27. The van der Waals surface area contributed by atoms with Gasteiger partial charge in [-0.05, 0) is 18.7 Å². The molecule has 0 radical (unpaired) electrons. The molecule has 7 heteroatoms. The fourth-order valence-corrected chi connectivity index (χ4v) is 3.43. The molecule has 0 atom stereocenters. The van der Waals surface area contributed by atoms with E-state index in [1.165, 1.54) is 0 Å². The van der Waals surface area contributed by atoms with Crippen LogP contribution in [-0.2, 0) is 16.6 Å². The second-order valence-corrected chi connectivity index (χ2v) is 6.33. The lowest BCUT2D eigenvalue weighted by Gasteiger charge is -2.32. The second-order valence-electron chi connectivity index (χ2n) is 4.70. The molecule has 1 aliphatic rings. The molecule has 1 aliphatic heterocycles. The third-order valence-corrected chi connectivity index (χ3v) is 4.71. The van der Waals surface area contributed by atoms with E-state index in [1.54, 1.807) is 29.3 Å². The first-order valence-corrected chi connectivity index (χ1v) is 7.75. The Labute approximate surface area is 114 Å². The van der Waals surface area contributed by atoms with Crippen LogP contribution in [0.2, 0.25) is 0 Å². The van der Waals surface area contributed by atoms with Crippen molar-refractivity contribution in [3.05, 3.63) is 29.8 Å². The van der Waals surface area contributed by atoms with Gasteiger partial charge in [-0.3, -0.25) is 0 Å². The van der Waals surface area contributed by atoms with Crippen molar-refractivity contribution in [3.8, 4) is 0 Å². The predicted molar refractivity (Wildman–Crippen MR) is 73.7 cm³/mol. The molecule has 2 rings (SSSR count). The van der Waals surface area contributed by atoms with E-state index < -0.39 is 10.0 Å². The van der Waals surface area contributed by atoms with Crippen LogP contribution >= 0.6 is 0 Å². The van der Waals surface area contributed by atoms with Crippen molar-refractivity contribution in [2.24, 2.45) is 5.73 Å². The van der Waals surface area contributed by atoms with Crippen molar-refractivity contribution in [2.75, 3.05) is 33.2 Å². The number of nitrogens with zero attached hydrogens (tertiary/aromatic N) is 2. The molecule has 1 saturated heterocycles. The summed E-state index contributed by atoms with van der Waals surface area (Å²) in [6.07, 6.45) is 0. The number of piperazine rings is 1. The van der Waals surface area contributed by atoms with Gasteiger partial charge in [0.05, 0.1) is 4.90 Å². The summed E-state index contributed by atoms with van der Waals surface area (Å²) in [6.45, 7) is 3.27. The third-order valence-electron chi connectivity index (χ3n) is 3.23. The highest BCUT2D eigenvalue weighted by Gasteiger charge is 2.22. The molecule has 6 nitrogen and oxygen atoms in total. The van der Waals surface area contributed by atoms with Crippen LogP contribution in [-0.4, -0.2) is 51.6 Å². The van der Waals surface area contributed by atoms with Crippen LogP contribution in [0.15, 0.2) is 29.2 Å². The number of hydrogen-bond acceptors (Lipinski definition) is 5. The van der Waals surface area contributed by atoms with Crippen molar-refractivity contribution in [1.29, 1.82) is 0 Å². The summed E-state index contributed by atoms with van der Waals surface area (Å²) >= 11 is 0. The van der Waals surface area contributed by atoms with Gasteiger partial charge in [0.2, 0.25) is 0 Å². The Kier molecular flexibility index (Phi) is 4.54. The standard InChI is InChI=1S/C12H20N4O2S/c1-15-6-8-16(9-7-15)14-19(17,18)12-5-3-2-4-11(12)10-13/h2-5,14H,6-10,13H2,1H3. The molecule has 1 aromatic rings. The molecular weight excluding hydrogens is 264 g/mol. The Morgan fingerprint density at radius 3 is 2.47 bits per heavy atom. The van der Waals surface area contributed by atoms with E-state index in [0.29, 0.717) is 18.7 Å². The second kappa shape index (κ2) is 5.98. The van der Waals surface area contributed by atoms with Gasteiger partial charge in [0.25, 0.3) is 10.0 Å². The summed E-state index contributed by atoms with van der Waals surface area (Å²) in [5.74, 6) is 0. The van der Waals surface area contributed by atoms with Gasteiger partial charge in [-0.2, -0.15) is 0 Å². The van der Waals surface area contributed by atoms with Crippen molar-refractivity contribution >= 4 is 10.0 Å². The molecule has 0 amide bonds. The summed E-state index contributed by atoms with van der Waals surface area (Å²) < 4.78 is 24.7. The average Bonchev–Trinajstić information content (AvgIpc) is 2.41.